The number of ether oxygens (including phenoxy) is 1. The molecular weight excluding hydrogens is 299 g/mol. The van der Waals surface area contributed by atoms with Crippen LogP contribution in [0.5, 0.6) is 5.75 Å². The maximum atomic E-state index is 9.52. The van der Waals surface area contributed by atoms with E-state index in [2.05, 4.69) is 11.7 Å². The highest BCUT2D eigenvalue weighted by molar-refractivity contribution is 6.44. The summed E-state index contributed by atoms with van der Waals surface area (Å²) in [4.78, 5) is 0. The van der Waals surface area contributed by atoms with Gasteiger partial charge in [0.2, 0.25) is 0 Å². The Morgan fingerprint density at radius 1 is 1.35 bits per heavy atom. The molecule has 4 nitrogen and oxygen atoms in total. The Hall–Kier alpha value is -1.49. The van der Waals surface area contributed by atoms with Gasteiger partial charge in [0.25, 0.3) is 0 Å². The fourth-order valence-electron chi connectivity index (χ4n) is 1.78. The van der Waals surface area contributed by atoms with E-state index in [-0.39, 0.29) is 15.8 Å². The topological polar surface area (TPSA) is 47.3 Å². The minimum absolute atomic E-state index is 0.0592. The number of benzene rings is 1. The third-order valence-electron chi connectivity index (χ3n) is 2.83. The molecule has 0 unspecified atom stereocenters. The number of hydrogen-bond acceptors (Lipinski definition) is 3. The van der Waals surface area contributed by atoms with E-state index in [0.717, 1.165) is 5.69 Å². The summed E-state index contributed by atoms with van der Waals surface area (Å²) in [7, 11) is 0. The number of rotatable bonds is 5. The lowest BCUT2D eigenvalue weighted by atomic mass is 10.0. The van der Waals surface area contributed by atoms with E-state index in [1.807, 2.05) is 13.0 Å². The van der Waals surface area contributed by atoms with Crippen LogP contribution < -0.4 is 0 Å². The van der Waals surface area contributed by atoms with Crippen LogP contribution in [0.15, 0.2) is 31.0 Å². The lowest BCUT2D eigenvalue weighted by molar-refractivity contribution is 0.0786. The van der Waals surface area contributed by atoms with Crippen molar-refractivity contribution in [2.45, 2.75) is 13.7 Å². The zero-order valence-corrected chi connectivity index (χ0v) is 12.4. The average Bonchev–Trinajstić information content (AvgIpc) is 2.90. The van der Waals surface area contributed by atoms with Crippen LogP contribution in [0.25, 0.3) is 5.57 Å². The number of phenols is 1. The van der Waals surface area contributed by atoms with Crippen LogP contribution in [0.3, 0.4) is 0 Å². The number of aromatic hydroxyl groups is 1. The van der Waals surface area contributed by atoms with Crippen molar-refractivity contribution in [3.63, 3.8) is 0 Å². The first kappa shape index (κ1) is 14.9. The molecule has 0 saturated heterocycles. The summed E-state index contributed by atoms with van der Waals surface area (Å²) in [6, 6.07) is 4.97. The Kier molecular flexibility index (Phi) is 4.70. The van der Waals surface area contributed by atoms with E-state index in [1.165, 1.54) is 6.07 Å². The molecule has 20 heavy (non-hydrogen) atoms. The molecule has 0 bridgehead atoms. The third kappa shape index (κ3) is 2.82. The van der Waals surface area contributed by atoms with Gasteiger partial charge in [0.1, 0.15) is 17.5 Å². The molecule has 0 spiro atoms. The standard InChI is InChI=1S/C14H14Cl2N2O2/c1-3-20-8-18-11(6-7-17-18)9(2)10-4-5-12(19)14(16)13(10)15/h4-7,19H,2-3,8H2,1H3. The SMILES string of the molecule is C=C(c1ccc(O)c(Cl)c1Cl)c1ccnn1COCC. The van der Waals surface area contributed by atoms with Crippen LogP contribution in [-0.2, 0) is 11.5 Å². The second kappa shape index (κ2) is 6.31. The molecule has 0 aliphatic heterocycles. The fraction of sp³-hybridized carbons (Fsp3) is 0.214. The van der Waals surface area contributed by atoms with Crippen molar-refractivity contribution >= 4 is 28.8 Å². The van der Waals surface area contributed by atoms with Gasteiger partial charge in [0.05, 0.1) is 10.7 Å². The molecule has 0 aliphatic rings. The highest BCUT2D eigenvalue weighted by Gasteiger charge is 2.15. The van der Waals surface area contributed by atoms with Crippen molar-refractivity contribution in [3.8, 4) is 5.75 Å². The van der Waals surface area contributed by atoms with Crippen molar-refractivity contribution in [1.29, 1.82) is 0 Å². The first-order chi connectivity index (χ1) is 9.56. The Labute approximate surface area is 127 Å². The van der Waals surface area contributed by atoms with Crippen LogP contribution in [0, 0.1) is 0 Å². The van der Waals surface area contributed by atoms with Crippen molar-refractivity contribution in [2.75, 3.05) is 6.61 Å². The normalized spacial score (nSPS) is 10.8. The molecule has 1 heterocycles. The van der Waals surface area contributed by atoms with Gasteiger partial charge in [0, 0.05) is 23.9 Å². The van der Waals surface area contributed by atoms with Crippen molar-refractivity contribution in [2.24, 2.45) is 0 Å². The number of nitrogens with zero attached hydrogens (tertiary/aromatic N) is 2. The van der Waals surface area contributed by atoms with Crippen LogP contribution >= 0.6 is 23.2 Å². The maximum Gasteiger partial charge on any atom is 0.139 e. The molecule has 0 fully saturated rings. The molecule has 1 aromatic heterocycles. The molecule has 0 aliphatic carbocycles. The Balaban J connectivity index is 2.37. The fourth-order valence-corrected chi connectivity index (χ4v) is 2.22. The van der Waals surface area contributed by atoms with Gasteiger partial charge < -0.3 is 9.84 Å². The largest absolute Gasteiger partial charge is 0.506 e. The Morgan fingerprint density at radius 2 is 2.10 bits per heavy atom. The predicted octanol–water partition coefficient (Wildman–Crippen LogP) is 3.95. The Bertz CT molecular complexity index is 638. The van der Waals surface area contributed by atoms with Crippen molar-refractivity contribution < 1.29 is 9.84 Å². The number of phenolic OH excluding ortho intramolecular Hbond substituents is 1. The molecule has 6 heteroatoms. The molecule has 1 N–H and O–H groups in total. The summed E-state index contributed by atoms with van der Waals surface area (Å²) >= 11 is 12.1. The average molecular weight is 313 g/mol. The summed E-state index contributed by atoms with van der Waals surface area (Å²) in [5.41, 5.74) is 2.09. The zero-order chi connectivity index (χ0) is 14.7. The van der Waals surface area contributed by atoms with Gasteiger partial charge in [-0.25, -0.2) is 4.68 Å². The summed E-state index contributed by atoms with van der Waals surface area (Å²) in [6.45, 7) is 6.87. The van der Waals surface area contributed by atoms with E-state index in [1.54, 1.807) is 16.9 Å². The number of hydrogen-bond donors (Lipinski definition) is 1. The lowest BCUT2D eigenvalue weighted by Gasteiger charge is -2.12. The van der Waals surface area contributed by atoms with E-state index in [0.29, 0.717) is 24.5 Å². The molecule has 0 atom stereocenters. The first-order valence-corrected chi connectivity index (χ1v) is 6.78. The molecular formula is C14H14Cl2N2O2. The Morgan fingerprint density at radius 3 is 2.80 bits per heavy atom. The third-order valence-corrected chi connectivity index (χ3v) is 3.70. The highest BCUT2D eigenvalue weighted by atomic mass is 35.5. The van der Waals surface area contributed by atoms with E-state index >= 15 is 0 Å². The first-order valence-electron chi connectivity index (χ1n) is 6.02. The lowest BCUT2D eigenvalue weighted by Crippen LogP contribution is -2.08. The highest BCUT2D eigenvalue weighted by Crippen LogP contribution is 2.38. The van der Waals surface area contributed by atoms with Crippen molar-refractivity contribution in [3.05, 3.63) is 52.3 Å². The van der Waals surface area contributed by atoms with Gasteiger partial charge in [-0.1, -0.05) is 29.8 Å². The maximum absolute atomic E-state index is 9.52. The smallest absolute Gasteiger partial charge is 0.139 e. The van der Waals surface area contributed by atoms with Gasteiger partial charge in [-0.05, 0) is 25.1 Å². The van der Waals surface area contributed by atoms with Crippen LogP contribution in [-0.4, -0.2) is 21.5 Å². The summed E-state index contributed by atoms with van der Waals surface area (Å²) in [6.07, 6.45) is 1.66. The molecule has 1 aromatic carbocycles. The molecule has 2 aromatic rings. The quantitative estimate of drug-likeness (QED) is 0.909. The zero-order valence-electron chi connectivity index (χ0n) is 10.9. The summed E-state index contributed by atoms with van der Waals surface area (Å²) in [5, 5.41) is 14.1. The van der Waals surface area contributed by atoms with Gasteiger partial charge in [0.15, 0.2) is 0 Å². The molecule has 0 saturated carbocycles. The van der Waals surface area contributed by atoms with Crippen LogP contribution in [0.4, 0.5) is 0 Å². The summed E-state index contributed by atoms with van der Waals surface area (Å²) in [5.74, 6) is -0.0592. The van der Waals surface area contributed by atoms with Gasteiger partial charge in [-0.15, -0.1) is 0 Å². The minimum Gasteiger partial charge on any atom is -0.506 e. The van der Waals surface area contributed by atoms with E-state index < -0.39 is 0 Å². The number of halogens is 2. The van der Waals surface area contributed by atoms with E-state index in [4.69, 9.17) is 27.9 Å². The number of aromatic nitrogens is 2. The minimum atomic E-state index is -0.0592. The predicted molar refractivity (Wildman–Crippen MR) is 80.1 cm³/mol. The summed E-state index contributed by atoms with van der Waals surface area (Å²) < 4.78 is 7.02. The molecule has 0 amide bonds. The van der Waals surface area contributed by atoms with Gasteiger partial charge in [-0.3, -0.25) is 0 Å². The van der Waals surface area contributed by atoms with Crippen molar-refractivity contribution in [1.82, 2.24) is 9.78 Å². The second-order valence-electron chi connectivity index (χ2n) is 4.08. The monoisotopic (exact) mass is 312 g/mol. The van der Waals surface area contributed by atoms with Gasteiger partial charge >= 0.3 is 0 Å². The molecule has 0 radical (unpaired) electrons. The van der Waals surface area contributed by atoms with Crippen LogP contribution in [0.2, 0.25) is 10.0 Å². The van der Waals surface area contributed by atoms with Gasteiger partial charge in [-0.2, -0.15) is 5.10 Å². The molecule has 2 rings (SSSR count). The molecule has 106 valence electrons. The van der Waals surface area contributed by atoms with Crippen LogP contribution in [0.1, 0.15) is 18.2 Å². The second-order valence-corrected chi connectivity index (χ2v) is 4.83. The van der Waals surface area contributed by atoms with E-state index in [9.17, 15) is 5.11 Å².